The summed E-state index contributed by atoms with van der Waals surface area (Å²) in [4.78, 5) is 0. The van der Waals surface area contributed by atoms with Gasteiger partial charge in [0.2, 0.25) is 0 Å². The van der Waals surface area contributed by atoms with E-state index < -0.39 is 7.92 Å². The van der Waals surface area contributed by atoms with Crippen LogP contribution in [0.4, 0.5) is 0 Å². The van der Waals surface area contributed by atoms with E-state index in [9.17, 15) is 0 Å². The summed E-state index contributed by atoms with van der Waals surface area (Å²) in [6, 6.07) is 49.0. The van der Waals surface area contributed by atoms with Gasteiger partial charge in [0, 0.05) is 17.1 Å². The van der Waals surface area contributed by atoms with E-state index in [-0.39, 0.29) is 25.0 Å². The van der Waals surface area contributed by atoms with Crippen LogP contribution in [0.1, 0.15) is 82.4 Å². The predicted octanol–water partition coefficient (Wildman–Crippen LogP) is 11.4. The molecular weight excluding hydrogens is 622 g/mol. The first kappa shape index (κ1) is 34.1. The summed E-state index contributed by atoms with van der Waals surface area (Å²) in [5, 5.41) is 4.35. The Kier molecular flexibility index (Phi) is 13.3. The SMILES string of the molecule is C[C@@H]([c-]1cccc1-c1ccccc1P(c1ccccc1)c1ccccc1)P(C1CCCCC1)C1CCCCC1.[Fe].[cH-]1[cH-][cH-][cH-][cH-]1. The van der Waals surface area contributed by atoms with Crippen LogP contribution < -0.4 is 15.9 Å². The zero-order valence-electron chi connectivity index (χ0n) is 26.8. The third-order valence-corrected chi connectivity index (χ3v) is 16.2. The number of hydrogen-bond acceptors (Lipinski definition) is 0. The molecule has 0 spiro atoms. The van der Waals surface area contributed by atoms with E-state index >= 15 is 0 Å². The van der Waals surface area contributed by atoms with Crippen molar-refractivity contribution in [3.8, 4) is 11.1 Å². The standard InChI is InChI=1S/C37H43P2.C5H5.Fe/c1-29(38(30-17-6-2-7-18-30)31-19-8-3-9-20-31)34-26-16-27-35(34)36-25-14-15-28-37(36)39(32-21-10-4-11-22-32)33-23-12-5-13-24-33;1-2-4-5-3-1;/h4-5,10-16,21-31H,2-3,6-9,17-20H2,1H3;1-5H;/q-1;-5;/t29-;;/m0../s1. The van der Waals surface area contributed by atoms with E-state index in [2.05, 4.69) is 110 Å². The monoisotopic (exact) mass is 670 g/mol. The zero-order valence-corrected chi connectivity index (χ0v) is 29.6. The van der Waals surface area contributed by atoms with Crippen LogP contribution in [0.3, 0.4) is 0 Å². The summed E-state index contributed by atoms with van der Waals surface area (Å²) < 4.78 is 0. The van der Waals surface area contributed by atoms with Crippen LogP contribution in [0, 0.1) is 0 Å². The second kappa shape index (κ2) is 17.6. The van der Waals surface area contributed by atoms with Crippen molar-refractivity contribution in [1.29, 1.82) is 0 Å². The average Bonchev–Trinajstić information content (AvgIpc) is 3.84. The van der Waals surface area contributed by atoms with Gasteiger partial charge in [0.1, 0.15) is 0 Å². The first-order valence-electron chi connectivity index (χ1n) is 17.0. The van der Waals surface area contributed by atoms with Crippen LogP contribution in [0.25, 0.3) is 11.1 Å². The van der Waals surface area contributed by atoms with E-state index in [0.29, 0.717) is 5.66 Å². The predicted molar refractivity (Wildman–Crippen MR) is 197 cm³/mol. The van der Waals surface area contributed by atoms with Crippen molar-refractivity contribution in [1.82, 2.24) is 0 Å². The van der Waals surface area contributed by atoms with Crippen molar-refractivity contribution in [2.24, 2.45) is 0 Å². The van der Waals surface area contributed by atoms with Gasteiger partial charge in [0.15, 0.2) is 0 Å². The van der Waals surface area contributed by atoms with Crippen molar-refractivity contribution in [3.05, 3.63) is 139 Å². The molecule has 5 aromatic rings. The summed E-state index contributed by atoms with van der Waals surface area (Å²) in [7, 11) is -0.660. The summed E-state index contributed by atoms with van der Waals surface area (Å²) in [5.41, 5.74) is 7.18. The summed E-state index contributed by atoms with van der Waals surface area (Å²) in [6.07, 6.45) is 14.6. The van der Waals surface area contributed by atoms with E-state index in [1.54, 1.807) is 5.56 Å². The fourth-order valence-electron chi connectivity index (χ4n) is 7.69. The van der Waals surface area contributed by atoms with Gasteiger partial charge in [-0.2, -0.15) is 12.1 Å². The molecule has 2 fully saturated rings. The minimum Gasteiger partial charge on any atom is -0.748 e. The van der Waals surface area contributed by atoms with Gasteiger partial charge in [0.05, 0.1) is 0 Å². The summed E-state index contributed by atoms with van der Waals surface area (Å²) >= 11 is 0. The first-order chi connectivity index (χ1) is 21.8. The van der Waals surface area contributed by atoms with Crippen LogP contribution in [0.15, 0.2) is 133 Å². The molecule has 45 heavy (non-hydrogen) atoms. The fourth-order valence-corrected chi connectivity index (χ4v) is 14.5. The Balaban J connectivity index is 0.000000609. The van der Waals surface area contributed by atoms with E-state index in [4.69, 9.17) is 0 Å². The Morgan fingerprint density at radius 1 is 0.578 bits per heavy atom. The molecule has 0 amide bonds. The topological polar surface area (TPSA) is 0 Å². The molecule has 0 aliphatic heterocycles. The molecular formula is C42H48FeP2-6. The second-order valence-electron chi connectivity index (χ2n) is 12.6. The van der Waals surface area contributed by atoms with Gasteiger partial charge in [-0.15, -0.1) is 25.1 Å². The Bertz CT molecular complexity index is 1420. The van der Waals surface area contributed by atoms with Gasteiger partial charge in [-0.1, -0.05) is 136 Å². The minimum atomic E-state index is -0.637. The molecule has 7 rings (SSSR count). The first-order valence-corrected chi connectivity index (χ1v) is 19.9. The van der Waals surface area contributed by atoms with Crippen LogP contribution in [-0.2, 0) is 17.1 Å². The Morgan fingerprint density at radius 2 is 1.04 bits per heavy atom. The van der Waals surface area contributed by atoms with E-state index in [1.165, 1.54) is 91.2 Å². The molecule has 0 bridgehead atoms. The van der Waals surface area contributed by atoms with Crippen molar-refractivity contribution < 1.29 is 17.1 Å². The molecule has 0 radical (unpaired) electrons. The molecule has 0 heterocycles. The Morgan fingerprint density at radius 3 is 1.56 bits per heavy atom. The van der Waals surface area contributed by atoms with Crippen LogP contribution >= 0.6 is 15.8 Å². The number of rotatable bonds is 8. The molecule has 0 saturated heterocycles. The van der Waals surface area contributed by atoms with Crippen LogP contribution in [0.5, 0.6) is 0 Å². The summed E-state index contributed by atoms with van der Waals surface area (Å²) in [6.45, 7) is 2.62. The van der Waals surface area contributed by atoms with Gasteiger partial charge in [0.25, 0.3) is 0 Å². The molecule has 0 aromatic heterocycles. The molecule has 1 atom stereocenters. The minimum absolute atomic E-state index is 0. The number of benzene rings is 3. The maximum absolute atomic E-state index is 2.62. The van der Waals surface area contributed by atoms with Crippen molar-refractivity contribution in [3.63, 3.8) is 0 Å². The van der Waals surface area contributed by atoms with Crippen molar-refractivity contribution in [2.45, 2.75) is 88.1 Å². The Hall–Kier alpha value is -2.26. The van der Waals surface area contributed by atoms with Crippen molar-refractivity contribution in [2.75, 3.05) is 0 Å². The number of hydrogen-bond donors (Lipinski definition) is 0. The third-order valence-electron chi connectivity index (χ3n) is 9.76. The van der Waals surface area contributed by atoms with Gasteiger partial charge in [-0.25, -0.2) is 0 Å². The van der Waals surface area contributed by atoms with Crippen molar-refractivity contribution >= 4 is 31.8 Å². The normalized spacial score (nSPS) is 16.5. The van der Waals surface area contributed by atoms with Crippen LogP contribution in [0.2, 0.25) is 0 Å². The summed E-state index contributed by atoms with van der Waals surface area (Å²) in [5.74, 6) is 0. The van der Waals surface area contributed by atoms with Gasteiger partial charge in [-0.3, -0.25) is 0 Å². The smallest absolute Gasteiger partial charge is 0 e. The van der Waals surface area contributed by atoms with Gasteiger partial charge in [-0.05, 0) is 66.5 Å². The molecule has 2 aliphatic carbocycles. The van der Waals surface area contributed by atoms with E-state index in [0.717, 1.165) is 11.3 Å². The Labute approximate surface area is 285 Å². The molecule has 2 aliphatic rings. The molecule has 2 saturated carbocycles. The molecule has 0 nitrogen and oxygen atoms in total. The zero-order chi connectivity index (χ0) is 30.0. The van der Waals surface area contributed by atoms with Gasteiger partial charge >= 0.3 is 0 Å². The molecule has 0 N–H and O–H groups in total. The second-order valence-corrected chi connectivity index (χ2v) is 17.9. The maximum Gasteiger partial charge on any atom is 0 e. The largest absolute Gasteiger partial charge is 0.748 e. The quantitative estimate of drug-likeness (QED) is 0.0876. The van der Waals surface area contributed by atoms with E-state index in [1.807, 2.05) is 30.3 Å². The van der Waals surface area contributed by atoms with Gasteiger partial charge < -0.3 is 30.3 Å². The van der Waals surface area contributed by atoms with Crippen LogP contribution in [-0.4, -0.2) is 11.3 Å². The third kappa shape index (κ3) is 8.56. The molecule has 3 heteroatoms. The average molecular weight is 671 g/mol. The molecule has 0 unspecified atom stereocenters. The molecule has 240 valence electrons. The fraction of sp³-hybridized carbons (Fsp3) is 0.333. The maximum atomic E-state index is 2.62. The molecule has 5 aromatic carbocycles.